The van der Waals surface area contributed by atoms with Gasteiger partial charge in [-0.2, -0.15) is 0 Å². The second kappa shape index (κ2) is 10.7. The van der Waals surface area contributed by atoms with Crippen LogP contribution in [-0.2, 0) is 4.79 Å². The fourth-order valence-electron chi connectivity index (χ4n) is 4.07. The minimum atomic E-state index is -0.920. The van der Waals surface area contributed by atoms with Crippen molar-refractivity contribution in [1.29, 1.82) is 0 Å². The summed E-state index contributed by atoms with van der Waals surface area (Å²) < 4.78 is 19.9. The number of amides is 1. The summed E-state index contributed by atoms with van der Waals surface area (Å²) in [5.74, 6) is 0.163. The van der Waals surface area contributed by atoms with Crippen molar-refractivity contribution in [3.8, 4) is 5.75 Å². The Labute approximate surface area is 184 Å². The number of likely N-dealkylation sites (tertiary alicyclic amines) is 1. The predicted molar refractivity (Wildman–Crippen MR) is 121 cm³/mol. The Kier molecular flexibility index (Phi) is 8.04. The molecule has 6 heteroatoms. The summed E-state index contributed by atoms with van der Waals surface area (Å²) in [6.45, 7) is 5.01. The van der Waals surface area contributed by atoms with Crippen LogP contribution < -0.4 is 10.1 Å². The molecule has 1 saturated heterocycles. The number of rotatable bonds is 9. The van der Waals surface area contributed by atoms with Crippen molar-refractivity contribution < 1.29 is 19.0 Å². The summed E-state index contributed by atoms with van der Waals surface area (Å²) in [6.07, 6.45) is 3.90. The van der Waals surface area contributed by atoms with Crippen LogP contribution in [0.25, 0.3) is 0 Å². The maximum atomic E-state index is 13.8. The number of nitrogens with zero attached hydrogens (tertiary/aromatic N) is 1. The van der Waals surface area contributed by atoms with Crippen LogP contribution in [-0.4, -0.2) is 47.3 Å². The zero-order valence-electron chi connectivity index (χ0n) is 18.4. The number of unbranched alkanes of at least 4 members (excludes halogenated alkanes) is 2. The Morgan fingerprint density at radius 3 is 2.74 bits per heavy atom. The summed E-state index contributed by atoms with van der Waals surface area (Å²) in [7, 11) is 0. The Balaban J connectivity index is 1.66. The zero-order valence-corrected chi connectivity index (χ0v) is 18.4. The first-order chi connectivity index (χ1) is 14.9. The van der Waals surface area contributed by atoms with Crippen molar-refractivity contribution >= 4 is 11.6 Å². The Bertz CT molecular complexity index is 861. The van der Waals surface area contributed by atoms with Gasteiger partial charge in [0, 0.05) is 24.3 Å². The van der Waals surface area contributed by atoms with Gasteiger partial charge in [0.25, 0.3) is 0 Å². The molecular weight excluding hydrogens is 395 g/mol. The quantitative estimate of drug-likeness (QED) is 0.576. The second-order valence-corrected chi connectivity index (χ2v) is 8.43. The number of aliphatic hydroxyl groups is 1. The standard InChI is InChI=1S/C25H33FN2O3/c1-3-4-8-14-25(30)15-16-28(17-23(25)31-20-10-6-5-7-11-20)18-24(29)27-22-13-9-12-21(26)19(22)2/h5-7,9-13,23,30H,3-4,8,14-18H2,1-2H3,(H,27,29)/t23-,25-/m0/s1. The van der Waals surface area contributed by atoms with Crippen molar-refractivity contribution in [2.24, 2.45) is 0 Å². The van der Waals surface area contributed by atoms with E-state index in [1.165, 1.54) is 6.07 Å². The Hall–Kier alpha value is -2.44. The van der Waals surface area contributed by atoms with Crippen molar-refractivity contribution in [2.75, 3.05) is 25.0 Å². The number of halogens is 1. The normalized spacial score (nSPS) is 21.6. The van der Waals surface area contributed by atoms with Gasteiger partial charge in [-0.05, 0) is 44.0 Å². The van der Waals surface area contributed by atoms with E-state index in [1.54, 1.807) is 19.1 Å². The topological polar surface area (TPSA) is 61.8 Å². The molecule has 1 aliphatic rings. The molecule has 31 heavy (non-hydrogen) atoms. The molecule has 0 aliphatic carbocycles. The van der Waals surface area contributed by atoms with Gasteiger partial charge in [-0.25, -0.2) is 4.39 Å². The second-order valence-electron chi connectivity index (χ2n) is 8.43. The van der Waals surface area contributed by atoms with Gasteiger partial charge in [0.2, 0.25) is 5.91 Å². The highest BCUT2D eigenvalue weighted by Gasteiger charge is 2.43. The molecule has 1 fully saturated rings. The number of benzene rings is 2. The lowest BCUT2D eigenvalue weighted by Crippen LogP contribution is -2.58. The van der Waals surface area contributed by atoms with E-state index >= 15 is 0 Å². The van der Waals surface area contributed by atoms with Gasteiger partial charge >= 0.3 is 0 Å². The molecule has 1 amide bonds. The minimum absolute atomic E-state index is 0.162. The maximum Gasteiger partial charge on any atom is 0.238 e. The number of carbonyl (C=O) groups excluding carboxylic acids is 1. The van der Waals surface area contributed by atoms with E-state index in [2.05, 4.69) is 12.2 Å². The maximum absolute atomic E-state index is 13.8. The van der Waals surface area contributed by atoms with E-state index in [-0.39, 0.29) is 18.3 Å². The first-order valence-electron chi connectivity index (χ1n) is 11.1. The smallest absolute Gasteiger partial charge is 0.238 e. The van der Waals surface area contributed by atoms with E-state index in [0.717, 1.165) is 19.3 Å². The average molecular weight is 429 g/mol. The average Bonchev–Trinajstić information content (AvgIpc) is 2.75. The molecular formula is C25H33FN2O3. The van der Waals surface area contributed by atoms with E-state index in [0.29, 0.717) is 42.9 Å². The number of piperidine rings is 1. The molecule has 0 radical (unpaired) electrons. The summed E-state index contributed by atoms with van der Waals surface area (Å²) in [4.78, 5) is 14.6. The van der Waals surface area contributed by atoms with Gasteiger partial charge < -0.3 is 15.2 Å². The molecule has 0 saturated carbocycles. The van der Waals surface area contributed by atoms with Crippen LogP contribution in [0.15, 0.2) is 48.5 Å². The van der Waals surface area contributed by atoms with Crippen LogP contribution in [0.2, 0.25) is 0 Å². The molecule has 1 heterocycles. The fraction of sp³-hybridized carbons (Fsp3) is 0.480. The summed E-state index contributed by atoms with van der Waals surface area (Å²) in [5, 5.41) is 14.2. The SMILES string of the molecule is CCCCC[C@]1(O)CCN(CC(=O)Nc2cccc(F)c2C)C[C@@H]1Oc1ccccc1. The third-order valence-electron chi connectivity index (χ3n) is 6.03. The third-order valence-corrected chi connectivity index (χ3v) is 6.03. The molecule has 0 unspecified atom stereocenters. The van der Waals surface area contributed by atoms with Crippen LogP contribution in [0, 0.1) is 12.7 Å². The number of nitrogens with one attached hydrogen (secondary N) is 1. The lowest BCUT2D eigenvalue weighted by Gasteiger charge is -2.44. The molecule has 2 aromatic carbocycles. The molecule has 3 rings (SSSR count). The molecule has 0 bridgehead atoms. The van der Waals surface area contributed by atoms with Crippen LogP contribution in [0.4, 0.5) is 10.1 Å². The van der Waals surface area contributed by atoms with E-state index in [1.807, 2.05) is 35.2 Å². The largest absolute Gasteiger partial charge is 0.486 e. The summed E-state index contributed by atoms with van der Waals surface area (Å²) >= 11 is 0. The molecule has 168 valence electrons. The highest BCUT2D eigenvalue weighted by atomic mass is 19.1. The molecule has 2 atom stereocenters. The van der Waals surface area contributed by atoms with Crippen LogP contribution >= 0.6 is 0 Å². The van der Waals surface area contributed by atoms with Crippen molar-refractivity contribution in [3.05, 3.63) is 59.9 Å². The number of para-hydroxylation sites is 1. The van der Waals surface area contributed by atoms with Crippen molar-refractivity contribution in [1.82, 2.24) is 4.90 Å². The van der Waals surface area contributed by atoms with Crippen molar-refractivity contribution in [3.63, 3.8) is 0 Å². The zero-order chi connectivity index (χ0) is 22.3. The predicted octanol–water partition coefficient (Wildman–Crippen LogP) is 4.54. The molecule has 5 nitrogen and oxygen atoms in total. The first-order valence-corrected chi connectivity index (χ1v) is 11.1. The van der Waals surface area contributed by atoms with E-state index in [9.17, 15) is 14.3 Å². The minimum Gasteiger partial charge on any atom is -0.486 e. The number of ether oxygens (including phenoxy) is 1. The fourth-order valence-corrected chi connectivity index (χ4v) is 4.07. The highest BCUT2D eigenvalue weighted by molar-refractivity contribution is 5.93. The molecule has 2 aromatic rings. The van der Waals surface area contributed by atoms with Crippen molar-refractivity contribution in [2.45, 2.75) is 57.7 Å². The van der Waals surface area contributed by atoms with Crippen LogP contribution in [0.5, 0.6) is 5.75 Å². The monoisotopic (exact) mass is 428 g/mol. The third kappa shape index (κ3) is 6.28. The molecule has 2 N–H and O–H groups in total. The van der Waals surface area contributed by atoms with Gasteiger partial charge in [0.05, 0.1) is 6.54 Å². The number of hydrogen-bond donors (Lipinski definition) is 2. The van der Waals surface area contributed by atoms with Gasteiger partial charge in [0.1, 0.15) is 23.3 Å². The summed E-state index contributed by atoms with van der Waals surface area (Å²) in [5.41, 5.74) is -0.0165. The van der Waals surface area contributed by atoms with Gasteiger partial charge in [-0.15, -0.1) is 0 Å². The van der Waals surface area contributed by atoms with Gasteiger partial charge in [-0.3, -0.25) is 9.69 Å². The Morgan fingerprint density at radius 1 is 1.23 bits per heavy atom. The van der Waals surface area contributed by atoms with Crippen LogP contribution in [0.1, 0.15) is 44.6 Å². The molecule has 0 aromatic heterocycles. The number of anilines is 1. The number of hydrogen-bond acceptors (Lipinski definition) is 4. The van der Waals surface area contributed by atoms with Crippen LogP contribution in [0.3, 0.4) is 0 Å². The number of carbonyl (C=O) groups is 1. The summed E-state index contributed by atoms with van der Waals surface area (Å²) in [6, 6.07) is 14.1. The van der Waals surface area contributed by atoms with E-state index in [4.69, 9.17) is 4.74 Å². The van der Waals surface area contributed by atoms with Gasteiger partial charge in [0.15, 0.2) is 0 Å². The first kappa shape index (κ1) is 23.2. The highest BCUT2D eigenvalue weighted by Crippen LogP contribution is 2.31. The Morgan fingerprint density at radius 2 is 2.00 bits per heavy atom. The molecule has 0 spiro atoms. The van der Waals surface area contributed by atoms with Gasteiger partial charge in [-0.1, -0.05) is 50.5 Å². The van der Waals surface area contributed by atoms with E-state index < -0.39 is 11.7 Å². The lowest BCUT2D eigenvalue weighted by atomic mass is 9.83. The molecule has 1 aliphatic heterocycles. The lowest BCUT2D eigenvalue weighted by molar-refractivity contribution is -0.127.